The van der Waals surface area contributed by atoms with Crippen molar-refractivity contribution in [2.45, 2.75) is 25.7 Å². The monoisotopic (exact) mass is 224 g/mol. The van der Waals surface area contributed by atoms with E-state index in [1.165, 1.54) is 35.1 Å². The fourth-order valence-corrected chi connectivity index (χ4v) is 2.37. The van der Waals surface area contributed by atoms with Gasteiger partial charge in [0.05, 0.1) is 0 Å². The Kier molecular flexibility index (Phi) is 2.36. The zero-order chi connectivity index (χ0) is 11.8. The van der Waals surface area contributed by atoms with Crippen molar-refractivity contribution in [2.24, 2.45) is 0 Å². The minimum atomic E-state index is 0.741. The van der Waals surface area contributed by atoms with Gasteiger partial charge in [0.15, 0.2) is 0 Å². The second-order valence-corrected chi connectivity index (χ2v) is 4.81. The Bertz CT molecular complexity index is 557. The summed E-state index contributed by atoms with van der Waals surface area (Å²) < 4.78 is 0. The predicted octanol–water partition coefficient (Wildman–Crippen LogP) is 3.52. The average molecular weight is 224 g/mol. The van der Waals surface area contributed by atoms with Crippen LogP contribution in [0.4, 0.5) is 5.69 Å². The number of nitrogens with two attached hydrogens (primary N) is 1. The van der Waals surface area contributed by atoms with Crippen LogP contribution in [-0.4, -0.2) is 4.98 Å². The highest BCUT2D eigenvalue weighted by Crippen LogP contribution is 2.44. The maximum atomic E-state index is 5.80. The van der Waals surface area contributed by atoms with Crippen LogP contribution in [0.3, 0.4) is 0 Å². The van der Waals surface area contributed by atoms with Gasteiger partial charge in [-0.3, -0.25) is 4.98 Å². The highest BCUT2D eigenvalue weighted by atomic mass is 14.6. The molecule has 0 amide bonds. The number of nitrogens with zero attached hydrogens (tertiary/aromatic N) is 1. The van der Waals surface area contributed by atoms with Crippen LogP contribution in [0.5, 0.6) is 0 Å². The van der Waals surface area contributed by atoms with E-state index in [4.69, 9.17) is 5.73 Å². The lowest BCUT2D eigenvalue weighted by Crippen LogP contribution is -1.93. The van der Waals surface area contributed by atoms with Crippen LogP contribution < -0.4 is 5.73 Å². The third-order valence-electron chi connectivity index (χ3n) is 3.41. The molecule has 0 saturated heterocycles. The number of nitrogen functional groups attached to an aromatic ring is 1. The van der Waals surface area contributed by atoms with Gasteiger partial charge in [0, 0.05) is 23.6 Å². The molecule has 0 atom stereocenters. The van der Waals surface area contributed by atoms with Gasteiger partial charge in [-0.1, -0.05) is 6.07 Å². The summed E-state index contributed by atoms with van der Waals surface area (Å²) in [5.74, 6) is 0.741. The van der Waals surface area contributed by atoms with Crippen LogP contribution in [0, 0.1) is 6.92 Å². The van der Waals surface area contributed by atoms with Gasteiger partial charge in [0.2, 0.25) is 0 Å². The van der Waals surface area contributed by atoms with Crippen LogP contribution in [0.15, 0.2) is 36.7 Å². The lowest BCUT2D eigenvalue weighted by atomic mass is 9.95. The summed E-state index contributed by atoms with van der Waals surface area (Å²) >= 11 is 0. The number of hydrogen-bond donors (Lipinski definition) is 1. The number of pyridine rings is 1. The molecule has 86 valence electrons. The largest absolute Gasteiger partial charge is 0.399 e. The van der Waals surface area contributed by atoms with E-state index in [9.17, 15) is 0 Å². The molecule has 1 fully saturated rings. The molecule has 17 heavy (non-hydrogen) atoms. The molecule has 0 radical (unpaired) electrons. The van der Waals surface area contributed by atoms with Gasteiger partial charge in [0.1, 0.15) is 0 Å². The fourth-order valence-electron chi connectivity index (χ4n) is 2.37. The maximum Gasteiger partial charge on any atom is 0.0349 e. The molecule has 1 aliphatic carbocycles. The standard InChI is InChI=1S/C15H16N2/c1-10-8-12(16)4-5-13(10)15-9-17-7-6-14(15)11-2-3-11/h4-9,11H,2-3,16H2,1H3. The number of rotatable bonds is 2. The first kappa shape index (κ1) is 10.3. The highest BCUT2D eigenvalue weighted by molar-refractivity contribution is 5.72. The normalized spacial score (nSPS) is 14.9. The Balaban J connectivity index is 2.14. The van der Waals surface area contributed by atoms with Gasteiger partial charge in [-0.15, -0.1) is 0 Å². The lowest BCUT2D eigenvalue weighted by Gasteiger charge is -2.11. The van der Waals surface area contributed by atoms with Gasteiger partial charge in [-0.2, -0.15) is 0 Å². The molecule has 0 bridgehead atoms. The summed E-state index contributed by atoms with van der Waals surface area (Å²) in [5, 5.41) is 0. The molecule has 2 aromatic rings. The molecule has 2 heteroatoms. The van der Waals surface area contributed by atoms with Crippen LogP contribution >= 0.6 is 0 Å². The molecule has 2 nitrogen and oxygen atoms in total. The number of aryl methyl sites for hydroxylation is 1. The first-order valence-electron chi connectivity index (χ1n) is 6.06. The number of hydrogen-bond acceptors (Lipinski definition) is 2. The molecular weight excluding hydrogens is 208 g/mol. The topological polar surface area (TPSA) is 38.9 Å². The van der Waals surface area contributed by atoms with Crippen LogP contribution in [0.1, 0.15) is 29.9 Å². The van der Waals surface area contributed by atoms with Crippen LogP contribution in [0.2, 0.25) is 0 Å². The van der Waals surface area contributed by atoms with Crippen molar-refractivity contribution in [2.75, 3.05) is 5.73 Å². The minimum Gasteiger partial charge on any atom is -0.399 e. The molecule has 0 unspecified atom stereocenters. The first-order valence-corrected chi connectivity index (χ1v) is 6.06. The van der Waals surface area contributed by atoms with E-state index >= 15 is 0 Å². The van der Waals surface area contributed by atoms with Crippen molar-refractivity contribution in [1.29, 1.82) is 0 Å². The fraction of sp³-hybridized carbons (Fsp3) is 0.267. The molecule has 1 aliphatic rings. The molecule has 1 aromatic heterocycles. The molecule has 0 aliphatic heterocycles. The highest BCUT2D eigenvalue weighted by Gasteiger charge is 2.26. The molecular formula is C15H16N2. The summed E-state index contributed by atoms with van der Waals surface area (Å²) in [6, 6.07) is 8.25. The molecule has 1 aromatic carbocycles. The van der Waals surface area contributed by atoms with Crippen LogP contribution in [-0.2, 0) is 0 Å². The molecule has 1 heterocycles. The summed E-state index contributed by atoms with van der Waals surface area (Å²) in [6.45, 7) is 2.11. The Labute approximate surface area is 102 Å². The predicted molar refractivity (Wildman–Crippen MR) is 70.8 cm³/mol. The van der Waals surface area contributed by atoms with Gasteiger partial charge in [-0.05, 0) is 60.6 Å². The smallest absolute Gasteiger partial charge is 0.0349 e. The van der Waals surface area contributed by atoms with E-state index in [2.05, 4.69) is 24.0 Å². The number of anilines is 1. The van der Waals surface area contributed by atoms with Gasteiger partial charge >= 0.3 is 0 Å². The zero-order valence-corrected chi connectivity index (χ0v) is 9.98. The van der Waals surface area contributed by atoms with E-state index in [0.717, 1.165) is 11.6 Å². The first-order chi connectivity index (χ1) is 8.25. The second-order valence-electron chi connectivity index (χ2n) is 4.81. The van der Waals surface area contributed by atoms with Crippen molar-refractivity contribution in [3.05, 3.63) is 47.8 Å². The lowest BCUT2D eigenvalue weighted by molar-refractivity contribution is 1.11. The SMILES string of the molecule is Cc1cc(N)ccc1-c1cnccc1C1CC1. The van der Waals surface area contributed by atoms with Crippen molar-refractivity contribution in [1.82, 2.24) is 4.98 Å². The van der Waals surface area contributed by atoms with Crippen molar-refractivity contribution < 1.29 is 0 Å². The summed E-state index contributed by atoms with van der Waals surface area (Å²) in [6.07, 6.45) is 6.49. The zero-order valence-electron chi connectivity index (χ0n) is 9.98. The quantitative estimate of drug-likeness (QED) is 0.793. The van der Waals surface area contributed by atoms with E-state index in [1.807, 2.05) is 24.5 Å². The third kappa shape index (κ3) is 1.91. The number of aromatic nitrogens is 1. The summed E-state index contributed by atoms with van der Waals surface area (Å²) in [4.78, 5) is 4.26. The maximum absolute atomic E-state index is 5.80. The molecule has 3 rings (SSSR count). The van der Waals surface area contributed by atoms with Gasteiger partial charge < -0.3 is 5.73 Å². The van der Waals surface area contributed by atoms with E-state index in [1.54, 1.807) is 0 Å². The average Bonchev–Trinajstić information content (AvgIpc) is 3.13. The third-order valence-corrected chi connectivity index (χ3v) is 3.41. The Morgan fingerprint density at radius 1 is 1.18 bits per heavy atom. The molecule has 2 N–H and O–H groups in total. The minimum absolute atomic E-state index is 0.741. The van der Waals surface area contributed by atoms with Crippen molar-refractivity contribution >= 4 is 5.69 Å². The Hall–Kier alpha value is -1.83. The second kappa shape index (κ2) is 3.88. The van der Waals surface area contributed by atoms with Gasteiger partial charge in [-0.25, -0.2) is 0 Å². The van der Waals surface area contributed by atoms with Gasteiger partial charge in [0.25, 0.3) is 0 Å². The van der Waals surface area contributed by atoms with E-state index < -0.39 is 0 Å². The summed E-state index contributed by atoms with van der Waals surface area (Å²) in [5.41, 5.74) is 11.8. The molecule has 1 saturated carbocycles. The molecule has 0 spiro atoms. The summed E-state index contributed by atoms with van der Waals surface area (Å²) in [7, 11) is 0. The van der Waals surface area contributed by atoms with E-state index in [0.29, 0.717) is 0 Å². The van der Waals surface area contributed by atoms with Crippen LogP contribution in [0.25, 0.3) is 11.1 Å². The van der Waals surface area contributed by atoms with Crippen molar-refractivity contribution in [3.8, 4) is 11.1 Å². The Morgan fingerprint density at radius 3 is 2.71 bits per heavy atom. The Morgan fingerprint density at radius 2 is 2.00 bits per heavy atom. The number of benzene rings is 1. The van der Waals surface area contributed by atoms with Crippen molar-refractivity contribution in [3.63, 3.8) is 0 Å². The van der Waals surface area contributed by atoms with E-state index in [-0.39, 0.29) is 0 Å².